The van der Waals surface area contributed by atoms with Gasteiger partial charge in [-0.3, -0.25) is 14.7 Å². The lowest BCUT2D eigenvalue weighted by atomic mass is 9.88. The Hall–Kier alpha value is -2.38. The number of amides is 1. The molecule has 30 heavy (non-hydrogen) atoms. The number of carbonyl (C=O) groups is 1. The molecule has 1 aromatic carbocycles. The van der Waals surface area contributed by atoms with Crippen molar-refractivity contribution in [2.45, 2.75) is 44.4 Å². The molecule has 0 aliphatic carbocycles. The van der Waals surface area contributed by atoms with Crippen LogP contribution in [0, 0.1) is 17.6 Å². The summed E-state index contributed by atoms with van der Waals surface area (Å²) in [5.41, 5.74) is 1.58. The molecule has 0 saturated carbocycles. The molecule has 7 heteroatoms. The third-order valence-corrected chi connectivity index (χ3v) is 5.93. The maximum atomic E-state index is 13.6. The van der Waals surface area contributed by atoms with Crippen LogP contribution in [0.15, 0.2) is 42.6 Å². The second-order valence-electron chi connectivity index (χ2n) is 8.13. The highest BCUT2D eigenvalue weighted by molar-refractivity contribution is 5.81. The van der Waals surface area contributed by atoms with Crippen molar-refractivity contribution in [3.63, 3.8) is 0 Å². The molecule has 5 nitrogen and oxygen atoms in total. The van der Waals surface area contributed by atoms with E-state index in [2.05, 4.69) is 15.2 Å². The fourth-order valence-electron chi connectivity index (χ4n) is 4.43. The summed E-state index contributed by atoms with van der Waals surface area (Å²) >= 11 is 0. The average Bonchev–Trinajstić information content (AvgIpc) is 3.30. The summed E-state index contributed by atoms with van der Waals surface area (Å²) in [6.45, 7) is 2.79. The van der Waals surface area contributed by atoms with Crippen molar-refractivity contribution >= 4 is 5.91 Å². The van der Waals surface area contributed by atoms with Crippen LogP contribution >= 0.6 is 0 Å². The number of carbonyl (C=O) groups excluding carboxylic acids is 1. The molecule has 4 rings (SSSR count). The van der Waals surface area contributed by atoms with Gasteiger partial charge in [-0.1, -0.05) is 12.1 Å². The third kappa shape index (κ3) is 5.02. The molecule has 3 heterocycles. The van der Waals surface area contributed by atoms with Gasteiger partial charge in [-0.25, -0.2) is 8.78 Å². The fraction of sp³-hybridized carbons (Fsp3) is 0.478. The lowest BCUT2D eigenvalue weighted by Crippen LogP contribution is -2.45. The zero-order chi connectivity index (χ0) is 20.9. The van der Waals surface area contributed by atoms with Crippen LogP contribution in [0.25, 0.3) is 0 Å². The molecule has 0 radical (unpaired) electrons. The molecule has 1 aromatic heterocycles. The van der Waals surface area contributed by atoms with E-state index >= 15 is 0 Å². The van der Waals surface area contributed by atoms with Crippen molar-refractivity contribution in [1.29, 1.82) is 0 Å². The Morgan fingerprint density at radius 3 is 2.83 bits per heavy atom. The molecular weight excluding hydrogens is 388 g/mol. The summed E-state index contributed by atoms with van der Waals surface area (Å²) in [5, 5.41) is 3.18. The molecule has 2 aliphatic rings. The van der Waals surface area contributed by atoms with Gasteiger partial charge in [0.2, 0.25) is 5.91 Å². The molecule has 0 unspecified atom stereocenters. The number of piperidine rings is 1. The van der Waals surface area contributed by atoms with Gasteiger partial charge in [0.05, 0.1) is 11.7 Å². The van der Waals surface area contributed by atoms with E-state index in [-0.39, 0.29) is 17.9 Å². The molecule has 0 spiro atoms. The van der Waals surface area contributed by atoms with Gasteiger partial charge in [0.1, 0.15) is 6.10 Å². The molecule has 1 N–H and O–H groups in total. The third-order valence-electron chi connectivity index (χ3n) is 5.93. The number of rotatable bonds is 6. The normalized spacial score (nSPS) is 23.3. The minimum atomic E-state index is -0.831. The quantitative estimate of drug-likeness (QED) is 0.783. The minimum absolute atomic E-state index is 0.0825. The van der Waals surface area contributed by atoms with Crippen molar-refractivity contribution < 1.29 is 18.3 Å². The van der Waals surface area contributed by atoms with Gasteiger partial charge in [-0.2, -0.15) is 0 Å². The van der Waals surface area contributed by atoms with Crippen molar-refractivity contribution in [1.82, 2.24) is 15.2 Å². The zero-order valence-electron chi connectivity index (χ0n) is 16.9. The zero-order valence-corrected chi connectivity index (χ0v) is 16.9. The molecule has 160 valence electrons. The standard InChI is InChI=1S/C23H27F2N3O2/c24-18-9-8-16(13-19(18)25)14-28-11-3-5-17(15-28)22(20-6-1-2-10-26-20)27-23(29)21-7-4-12-30-21/h1-2,6,8-10,13,17,21-22H,3-5,7,11-12,14-15H2,(H,27,29)/t17-,21+,22-/m1/s1. The number of likely N-dealkylation sites (tertiary alicyclic amines) is 1. The Morgan fingerprint density at radius 1 is 1.20 bits per heavy atom. The average molecular weight is 415 g/mol. The summed E-state index contributed by atoms with van der Waals surface area (Å²) in [5.74, 6) is -1.57. The number of hydrogen-bond acceptors (Lipinski definition) is 4. The first-order chi connectivity index (χ1) is 14.6. The van der Waals surface area contributed by atoms with Crippen LogP contribution < -0.4 is 5.32 Å². The van der Waals surface area contributed by atoms with Crippen LogP contribution in [0.1, 0.15) is 43.0 Å². The Morgan fingerprint density at radius 2 is 2.10 bits per heavy atom. The highest BCUT2D eigenvalue weighted by Crippen LogP contribution is 2.30. The van der Waals surface area contributed by atoms with Crippen LogP contribution in [0.5, 0.6) is 0 Å². The number of benzene rings is 1. The van der Waals surface area contributed by atoms with Gasteiger partial charge in [0.25, 0.3) is 0 Å². The van der Waals surface area contributed by atoms with Gasteiger partial charge in [-0.05, 0) is 68.0 Å². The topological polar surface area (TPSA) is 54.5 Å². The van der Waals surface area contributed by atoms with E-state index in [0.717, 1.165) is 50.0 Å². The number of nitrogens with zero attached hydrogens (tertiary/aromatic N) is 2. The lowest BCUT2D eigenvalue weighted by molar-refractivity contribution is -0.131. The van der Waals surface area contributed by atoms with E-state index in [4.69, 9.17) is 4.74 Å². The number of pyridine rings is 1. The summed E-state index contributed by atoms with van der Waals surface area (Å²) in [6.07, 6.45) is 4.92. The lowest BCUT2D eigenvalue weighted by Gasteiger charge is -2.37. The number of hydrogen-bond donors (Lipinski definition) is 1. The van der Waals surface area contributed by atoms with E-state index in [1.807, 2.05) is 18.2 Å². The fourth-order valence-corrected chi connectivity index (χ4v) is 4.43. The Bertz CT molecular complexity index is 859. The molecule has 3 atom stereocenters. The van der Waals surface area contributed by atoms with Crippen molar-refractivity contribution in [2.75, 3.05) is 19.7 Å². The van der Waals surface area contributed by atoms with Gasteiger partial charge < -0.3 is 10.1 Å². The summed E-state index contributed by atoms with van der Waals surface area (Å²) < 4.78 is 32.4. The first-order valence-electron chi connectivity index (χ1n) is 10.6. The second-order valence-corrected chi connectivity index (χ2v) is 8.13. The predicted octanol–water partition coefficient (Wildman–Crippen LogP) is 3.61. The monoisotopic (exact) mass is 415 g/mol. The van der Waals surface area contributed by atoms with E-state index < -0.39 is 17.7 Å². The second kappa shape index (κ2) is 9.62. The molecular formula is C23H27F2N3O2. The van der Waals surface area contributed by atoms with Crippen LogP contribution in [0.3, 0.4) is 0 Å². The SMILES string of the molecule is O=C(N[C@@H](c1ccccn1)[C@@H]1CCCN(Cc2ccc(F)c(F)c2)C1)[C@@H]1CCCO1. The smallest absolute Gasteiger partial charge is 0.249 e. The van der Waals surface area contributed by atoms with Crippen LogP contribution in [0.2, 0.25) is 0 Å². The van der Waals surface area contributed by atoms with Crippen molar-refractivity contribution in [3.05, 3.63) is 65.5 Å². The number of ether oxygens (including phenoxy) is 1. The first-order valence-corrected chi connectivity index (χ1v) is 10.6. The maximum Gasteiger partial charge on any atom is 0.249 e. The van der Waals surface area contributed by atoms with Crippen LogP contribution in [0.4, 0.5) is 8.78 Å². The van der Waals surface area contributed by atoms with Crippen molar-refractivity contribution in [3.8, 4) is 0 Å². The highest BCUT2D eigenvalue weighted by Gasteiger charge is 2.33. The van der Waals surface area contributed by atoms with Gasteiger partial charge in [0, 0.05) is 25.9 Å². The number of halogens is 2. The molecule has 2 aromatic rings. The number of aromatic nitrogens is 1. The molecule has 0 bridgehead atoms. The maximum absolute atomic E-state index is 13.6. The molecule has 1 amide bonds. The highest BCUT2D eigenvalue weighted by atomic mass is 19.2. The predicted molar refractivity (Wildman–Crippen MR) is 108 cm³/mol. The Labute approximate surface area is 175 Å². The van der Waals surface area contributed by atoms with E-state index in [1.54, 1.807) is 12.3 Å². The van der Waals surface area contributed by atoms with E-state index in [0.29, 0.717) is 13.2 Å². The van der Waals surface area contributed by atoms with Gasteiger partial charge >= 0.3 is 0 Å². The summed E-state index contributed by atoms with van der Waals surface area (Å²) in [6, 6.07) is 9.56. The van der Waals surface area contributed by atoms with Crippen LogP contribution in [-0.2, 0) is 16.1 Å². The van der Waals surface area contributed by atoms with E-state index in [9.17, 15) is 13.6 Å². The minimum Gasteiger partial charge on any atom is -0.368 e. The summed E-state index contributed by atoms with van der Waals surface area (Å²) in [7, 11) is 0. The summed E-state index contributed by atoms with van der Waals surface area (Å²) in [4.78, 5) is 19.5. The molecule has 2 aliphatic heterocycles. The molecule has 2 fully saturated rings. The van der Waals surface area contributed by atoms with Crippen LogP contribution in [-0.4, -0.2) is 41.6 Å². The largest absolute Gasteiger partial charge is 0.368 e. The van der Waals surface area contributed by atoms with Gasteiger partial charge in [-0.15, -0.1) is 0 Å². The molecule has 2 saturated heterocycles. The number of nitrogens with one attached hydrogen (secondary N) is 1. The van der Waals surface area contributed by atoms with E-state index in [1.165, 1.54) is 12.1 Å². The van der Waals surface area contributed by atoms with Crippen molar-refractivity contribution in [2.24, 2.45) is 5.92 Å². The van der Waals surface area contributed by atoms with Gasteiger partial charge in [0.15, 0.2) is 11.6 Å². The first kappa shape index (κ1) is 20.9. The Balaban J connectivity index is 1.48. The Kier molecular flexibility index (Phi) is 6.69.